The first-order valence-corrected chi connectivity index (χ1v) is 10.4. The predicted molar refractivity (Wildman–Crippen MR) is 91.3 cm³/mol. The van der Waals surface area contributed by atoms with Crippen LogP contribution in [-0.4, -0.2) is 44.5 Å². The van der Waals surface area contributed by atoms with Crippen molar-refractivity contribution in [2.24, 2.45) is 0 Å². The third-order valence-corrected chi connectivity index (χ3v) is 5.06. The van der Waals surface area contributed by atoms with Crippen molar-refractivity contribution in [3.05, 3.63) is 53.1 Å². The number of carboxylic acids is 1. The molecule has 0 saturated carbocycles. The number of anilines is 1. The minimum atomic E-state index is -5.15. The normalized spacial score (nSPS) is 10.4. The Morgan fingerprint density at radius 3 is 2.08 bits per heavy atom. The molecule has 0 aliphatic rings. The Morgan fingerprint density at radius 1 is 1.08 bits per heavy atom. The Balaban J connectivity index is 0.000000271. The third kappa shape index (κ3) is 6.64. The van der Waals surface area contributed by atoms with Crippen molar-refractivity contribution >= 4 is 47.7 Å². The molecule has 0 unspecified atom stereocenters. The molecule has 2 aromatic rings. The van der Waals surface area contributed by atoms with Gasteiger partial charge in [-0.1, -0.05) is 11.6 Å². The van der Waals surface area contributed by atoms with Crippen LogP contribution in [0.5, 0.6) is 5.75 Å². The average Bonchev–Trinajstić information content (AvgIpc) is 2.49. The number of phenols is 1. The molecule has 134 valence electrons. The molecular weight excluding hydrogens is 417 g/mol. The third-order valence-electron chi connectivity index (χ3n) is 2.73. The van der Waals surface area contributed by atoms with Crippen molar-refractivity contribution in [3.63, 3.8) is 0 Å². The fraction of sp³-hybridized carbons (Fsp3) is 0.0667. The predicted octanol–water partition coefficient (Wildman–Crippen LogP) is 0.950. The number of para-hydroxylation sites is 1. The van der Waals surface area contributed by atoms with Gasteiger partial charge in [-0.15, -0.1) is 0 Å². The second-order valence-electron chi connectivity index (χ2n) is 4.71. The zero-order valence-corrected chi connectivity index (χ0v) is 15.5. The Morgan fingerprint density at radius 2 is 1.64 bits per heavy atom. The fourth-order valence-electron chi connectivity index (χ4n) is 1.65. The molecule has 25 heavy (non-hydrogen) atoms. The van der Waals surface area contributed by atoms with Gasteiger partial charge in [0.15, 0.2) is 0 Å². The summed E-state index contributed by atoms with van der Waals surface area (Å²) in [5, 5.41) is 20.7. The number of aromatic hydroxyl groups is 1. The van der Waals surface area contributed by atoms with Crippen molar-refractivity contribution in [3.8, 4) is 5.75 Å². The SMILES string of the molecule is CC(=O)Nc1cccc([As](=O)(O)O)c1O.O=C(O)c1ccc(Cl)cc1. The fourth-order valence-corrected chi connectivity index (χ4v) is 3.19. The first-order valence-electron chi connectivity index (χ1n) is 6.67. The van der Waals surface area contributed by atoms with Crippen LogP contribution >= 0.6 is 11.6 Å². The zero-order chi connectivity index (χ0) is 19.2. The van der Waals surface area contributed by atoms with E-state index in [1.807, 2.05) is 0 Å². The van der Waals surface area contributed by atoms with Crippen LogP contribution in [0.25, 0.3) is 0 Å². The number of phenolic OH excluding ortho intramolecular Hbond substituents is 1. The van der Waals surface area contributed by atoms with E-state index in [1.54, 1.807) is 12.1 Å². The second kappa shape index (κ2) is 8.73. The molecule has 0 aliphatic carbocycles. The number of amides is 1. The summed E-state index contributed by atoms with van der Waals surface area (Å²) in [6.45, 7) is 1.23. The molecule has 2 aromatic carbocycles. The maximum Gasteiger partial charge on any atom is 0.335 e. The number of benzene rings is 2. The number of hydrogen-bond acceptors (Lipinski definition) is 4. The van der Waals surface area contributed by atoms with Crippen LogP contribution < -0.4 is 9.67 Å². The monoisotopic (exact) mass is 431 g/mol. The van der Waals surface area contributed by atoms with E-state index in [0.717, 1.165) is 6.07 Å². The maximum atomic E-state index is 11.0. The second-order valence-corrected chi connectivity index (χ2v) is 8.44. The zero-order valence-electron chi connectivity index (χ0n) is 12.9. The van der Waals surface area contributed by atoms with Crippen LogP contribution in [-0.2, 0) is 8.53 Å². The Bertz CT molecular complexity index is 817. The van der Waals surface area contributed by atoms with E-state index < -0.39 is 36.1 Å². The van der Waals surface area contributed by atoms with Gasteiger partial charge in [0, 0.05) is 5.02 Å². The van der Waals surface area contributed by atoms with Gasteiger partial charge in [0.1, 0.15) is 0 Å². The van der Waals surface area contributed by atoms with Crippen LogP contribution in [0.3, 0.4) is 0 Å². The van der Waals surface area contributed by atoms with E-state index in [4.69, 9.17) is 24.9 Å². The molecule has 0 atom stereocenters. The number of halogens is 1. The molecule has 0 aromatic heterocycles. The quantitative estimate of drug-likeness (QED) is 0.359. The van der Waals surface area contributed by atoms with Gasteiger partial charge in [0.05, 0.1) is 5.56 Å². The van der Waals surface area contributed by atoms with Crippen molar-refractivity contribution in [1.82, 2.24) is 0 Å². The summed E-state index contributed by atoms with van der Waals surface area (Å²) < 4.78 is 28.4. The van der Waals surface area contributed by atoms with E-state index in [-0.39, 0.29) is 11.3 Å². The van der Waals surface area contributed by atoms with Crippen LogP contribution in [0.1, 0.15) is 17.3 Å². The number of carboxylic acid groups (broad SMARTS) is 1. The molecule has 2 rings (SSSR count). The van der Waals surface area contributed by atoms with Gasteiger partial charge in [-0.2, -0.15) is 0 Å². The molecule has 0 aliphatic heterocycles. The molecule has 0 spiro atoms. The number of rotatable bonds is 3. The van der Waals surface area contributed by atoms with Gasteiger partial charge in [0.25, 0.3) is 0 Å². The Kier molecular flexibility index (Phi) is 7.26. The molecule has 0 bridgehead atoms. The van der Waals surface area contributed by atoms with Crippen LogP contribution in [0, 0.1) is 0 Å². The smallest absolute Gasteiger partial charge is 0.335 e. The summed E-state index contributed by atoms with van der Waals surface area (Å²) in [4.78, 5) is 21.0. The van der Waals surface area contributed by atoms with E-state index >= 15 is 0 Å². The van der Waals surface area contributed by atoms with Crippen molar-refractivity contribution in [2.75, 3.05) is 5.32 Å². The summed E-state index contributed by atoms with van der Waals surface area (Å²) in [6.07, 6.45) is 0. The van der Waals surface area contributed by atoms with Gasteiger partial charge in [-0.05, 0) is 24.3 Å². The minimum absolute atomic E-state index is 0.00951. The van der Waals surface area contributed by atoms with E-state index in [1.165, 1.54) is 31.2 Å². The standard InChI is InChI=1S/C8H10AsNO5.C7H5ClO2/c1-5(11)10-7-4-2-3-6(8(7)12)9(13,14)15;8-6-3-1-5(2-4-6)7(9)10/h2-4,12H,1H3,(H,10,11)(H2,13,14,15);1-4H,(H,9,10). The average molecular weight is 432 g/mol. The molecule has 0 saturated heterocycles. The van der Waals surface area contributed by atoms with Gasteiger partial charge in [-0.3, -0.25) is 0 Å². The van der Waals surface area contributed by atoms with Gasteiger partial charge < -0.3 is 5.11 Å². The van der Waals surface area contributed by atoms with E-state index in [2.05, 4.69) is 5.32 Å². The first-order chi connectivity index (χ1) is 11.5. The number of hydrogen-bond donors (Lipinski definition) is 5. The molecular formula is C15H15AsClNO7. The van der Waals surface area contributed by atoms with Crippen molar-refractivity contribution < 1.29 is 31.7 Å². The summed E-state index contributed by atoms with van der Waals surface area (Å²) >= 11 is 0.374. The molecule has 0 heterocycles. The first kappa shape index (κ1) is 20.8. The number of nitrogens with one attached hydrogen (secondary N) is 1. The van der Waals surface area contributed by atoms with Crippen LogP contribution in [0.2, 0.25) is 5.02 Å². The van der Waals surface area contributed by atoms with E-state index in [9.17, 15) is 18.4 Å². The van der Waals surface area contributed by atoms with Gasteiger partial charge in [0.2, 0.25) is 0 Å². The maximum absolute atomic E-state index is 11.0. The summed E-state index contributed by atoms with van der Waals surface area (Å²) in [7, 11) is 0. The topological polar surface area (TPSA) is 144 Å². The van der Waals surface area contributed by atoms with Crippen molar-refractivity contribution in [1.29, 1.82) is 0 Å². The summed E-state index contributed by atoms with van der Waals surface area (Å²) in [5.41, 5.74) is 0.245. The molecule has 5 N–H and O–H groups in total. The molecule has 0 radical (unpaired) electrons. The molecule has 10 heteroatoms. The Hall–Kier alpha value is -2.25. The largest absolute Gasteiger partial charge is 0.478 e. The number of aromatic carboxylic acids is 1. The van der Waals surface area contributed by atoms with Gasteiger partial charge >= 0.3 is 94.1 Å². The molecule has 1 amide bonds. The summed E-state index contributed by atoms with van der Waals surface area (Å²) in [6, 6.07) is 9.85. The molecule has 0 fully saturated rings. The van der Waals surface area contributed by atoms with Crippen LogP contribution in [0.15, 0.2) is 42.5 Å². The van der Waals surface area contributed by atoms with Gasteiger partial charge in [-0.25, -0.2) is 4.79 Å². The Labute approximate surface area is 150 Å². The van der Waals surface area contributed by atoms with Crippen LogP contribution in [0.4, 0.5) is 5.69 Å². The minimum Gasteiger partial charge on any atom is -0.478 e. The number of carbonyl (C=O) groups excluding carboxylic acids is 1. The summed E-state index contributed by atoms with van der Waals surface area (Å²) in [5.74, 6) is -1.95. The molecule has 8 nitrogen and oxygen atoms in total. The van der Waals surface area contributed by atoms with E-state index in [0.29, 0.717) is 5.02 Å². The number of carbonyl (C=O) groups is 2. The van der Waals surface area contributed by atoms with Crippen molar-refractivity contribution in [2.45, 2.75) is 6.92 Å².